The predicted octanol–water partition coefficient (Wildman–Crippen LogP) is -0.865. The standard InChI is InChI=1S/C11H16N4O2/c1-15(7-9(12)16)10(11(17)14-13)8-5-3-2-4-6-8/h2-6,10H,7,13H2,1H3,(H2,12,16)(H,14,17). The third kappa shape index (κ3) is 3.54. The van der Waals surface area contributed by atoms with Crippen molar-refractivity contribution in [3.8, 4) is 0 Å². The van der Waals surface area contributed by atoms with Crippen LogP contribution in [-0.2, 0) is 9.59 Å². The average molecular weight is 236 g/mol. The van der Waals surface area contributed by atoms with Crippen LogP contribution in [0.15, 0.2) is 30.3 Å². The van der Waals surface area contributed by atoms with E-state index in [-0.39, 0.29) is 12.5 Å². The molecule has 0 aliphatic rings. The van der Waals surface area contributed by atoms with E-state index in [9.17, 15) is 9.59 Å². The Morgan fingerprint density at radius 3 is 2.41 bits per heavy atom. The van der Waals surface area contributed by atoms with Crippen LogP contribution in [0.2, 0.25) is 0 Å². The van der Waals surface area contributed by atoms with E-state index < -0.39 is 11.9 Å². The number of benzene rings is 1. The van der Waals surface area contributed by atoms with Crippen LogP contribution in [0.5, 0.6) is 0 Å². The van der Waals surface area contributed by atoms with Crippen molar-refractivity contribution in [2.45, 2.75) is 6.04 Å². The van der Waals surface area contributed by atoms with Gasteiger partial charge in [-0.3, -0.25) is 19.9 Å². The van der Waals surface area contributed by atoms with Crippen LogP contribution in [0.1, 0.15) is 11.6 Å². The highest BCUT2D eigenvalue weighted by Crippen LogP contribution is 2.18. The fraction of sp³-hybridized carbons (Fsp3) is 0.273. The molecule has 6 nitrogen and oxygen atoms in total. The zero-order valence-electron chi connectivity index (χ0n) is 9.59. The SMILES string of the molecule is CN(CC(N)=O)C(C(=O)NN)c1ccccc1. The van der Waals surface area contributed by atoms with Crippen LogP contribution in [0.4, 0.5) is 0 Å². The van der Waals surface area contributed by atoms with Crippen LogP contribution in [0, 0.1) is 0 Å². The number of hydrogen-bond donors (Lipinski definition) is 3. The summed E-state index contributed by atoms with van der Waals surface area (Å²) in [4.78, 5) is 24.1. The highest BCUT2D eigenvalue weighted by molar-refractivity contribution is 5.84. The smallest absolute Gasteiger partial charge is 0.255 e. The van der Waals surface area contributed by atoms with E-state index in [0.29, 0.717) is 0 Å². The van der Waals surface area contributed by atoms with Crippen molar-refractivity contribution < 1.29 is 9.59 Å². The van der Waals surface area contributed by atoms with Crippen molar-refractivity contribution in [2.24, 2.45) is 11.6 Å². The Labute approximate surface area is 99.5 Å². The van der Waals surface area contributed by atoms with Crippen LogP contribution >= 0.6 is 0 Å². The Kier molecular flexibility index (Phi) is 4.62. The van der Waals surface area contributed by atoms with Gasteiger partial charge in [0.05, 0.1) is 6.54 Å². The first kappa shape index (κ1) is 13.1. The zero-order valence-corrected chi connectivity index (χ0v) is 9.59. The summed E-state index contributed by atoms with van der Waals surface area (Å²) < 4.78 is 0. The normalized spacial score (nSPS) is 12.2. The van der Waals surface area contributed by atoms with Crippen molar-refractivity contribution >= 4 is 11.8 Å². The fourth-order valence-electron chi connectivity index (χ4n) is 1.66. The second kappa shape index (κ2) is 5.97. The minimum Gasteiger partial charge on any atom is -0.369 e. The third-order valence-corrected chi connectivity index (χ3v) is 2.35. The Hall–Kier alpha value is -1.92. The van der Waals surface area contributed by atoms with E-state index in [1.54, 1.807) is 24.1 Å². The van der Waals surface area contributed by atoms with Gasteiger partial charge in [-0.15, -0.1) is 0 Å². The predicted molar refractivity (Wildman–Crippen MR) is 63.3 cm³/mol. The van der Waals surface area contributed by atoms with E-state index in [1.807, 2.05) is 18.2 Å². The van der Waals surface area contributed by atoms with Crippen LogP contribution in [-0.4, -0.2) is 30.3 Å². The number of likely N-dealkylation sites (N-methyl/N-ethyl adjacent to an activating group) is 1. The molecule has 1 atom stereocenters. The molecule has 1 rings (SSSR count). The second-order valence-electron chi connectivity index (χ2n) is 3.70. The molecular formula is C11H16N4O2. The summed E-state index contributed by atoms with van der Waals surface area (Å²) in [6.45, 7) is -0.0209. The Morgan fingerprint density at radius 1 is 1.35 bits per heavy atom. The third-order valence-electron chi connectivity index (χ3n) is 2.35. The zero-order chi connectivity index (χ0) is 12.8. The molecule has 0 saturated carbocycles. The number of nitrogens with two attached hydrogens (primary N) is 2. The Morgan fingerprint density at radius 2 is 1.94 bits per heavy atom. The molecule has 0 aliphatic carbocycles. The molecule has 17 heavy (non-hydrogen) atoms. The maximum absolute atomic E-state index is 11.7. The maximum atomic E-state index is 11.7. The van der Waals surface area contributed by atoms with Gasteiger partial charge in [-0.25, -0.2) is 5.84 Å². The first-order chi connectivity index (χ1) is 8.06. The fourth-order valence-corrected chi connectivity index (χ4v) is 1.66. The van der Waals surface area contributed by atoms with Crippen LogP contribution in [0.3, 0.4) is 0 Å². The summed E-state index contributed by atoms with van der Waals surface area (Å²) in [6.07, 6.45) is 0. The van der Waals surface area contributed by atoms with Gasteiger partial charge in [-0.2, -0.15) is 0 Å². The number of primary amides is 1. The quantitative estimate of drug-likeness (QED) is 0.351. The molecule has 0 spiro atoms. The highest BCUT2D eigenvalue weighted by atomic mass is 16.2. The lowest BCUT2D eigenvalue weighted by Gasteiger charge is -2.25. The Balaban J connectivity index is 2.96. The summed E-state index contributed by atoms with van der Waals surface area (Å²) in [5.74, 6) is 4.25. The lowest BCUT2D eigenvalue weighted by molar-refractivity contribution is -0.127. The number of nitrogens with zero attached hydrogens (tertiary/aromatic N) is 1. The molecule has 92 valence electrons. The number of carbonyl (C=O) groups is 2. The molecule has 5 N–H and O–H groups in total. The molecule has 1 unspecified atom stereocenters. The molecule has 2 amide bonds. The van der Waals surface area contributed by atoms with Gasteiger partial charge in [0.1, 0.15) is 6.04 Å². The molecule has 0 aromatic heterocycles. The minimum atomic E-state index is -0.631. The van der Waals surface area contributed by atoms with Gasteiger partial charge >= 0.3 is 0 Å². The number of nitrogens with one attached hydrogen (secondary N) is 1. The Bertz CT molecular complexity index is 394. The lowest BCUT2D eigenvalue weighted by atomic mass is 10.1. The van der Waals surface area contributed by atoms with E-state index in [0.717, 1.165) is 5.56 Å². The van der Waals surface area contributed by atoms with Gasteiger partial charge in [0.15, 0.2) is 0 Å². The van der Waals surface area contributed by atoms with Gasteiger partial charge in [0, 0.05) is 0 Å². The largest absolute Gasteiger partial charge is 0.369 e. The number of rotatable bonds is 5. The molecule has 0 fully saturated rings. The molecule has 0 heterocycles. The second-order valence-corrected chi connectivity index (χ2v) is 3.70. The van der Waals surface area contributed by atoms with Crippen molar-refractivity contribution in [3.63, 3.8) is 0 Å². The monoisotopic (exact) mass is 236 g/mol. The summed E-state index contributed by atoms with van der Waals surface area (Å²) >= 11 is 0. The van der Waals surface area contributed by atoms with E-state index in [2.05, 4.69) is 5.43 Å². The minimum absolute atomic E-state index is 0.0209. The molecule has 0 saturated heterocycles. The molecular weight excluding hydrogens is 220 g/mol. The van der Waals surface area contributed by atoms with E-state index >= 15 is 0 Å². The van der Waals surface area contributed by atoms with E-state index in [1.165, 1.54) is 0 Å². The lowest BCUT2D eigenvalue weighted by Crippen LogP contribution is -2.44. The number of carbonyl (C=O) groups excluding carboxylic acids is 2. The summed E-state index contributed by atoms with van der Waals surface area (Å²) in [6, 6.07) is 8.41. The molecule has 0 radical (unpaired) electrons. The number of hydrazine groups is 1. The number of hydrogen-bond acceptors (Lipinski definition) is 4. The average Bonchev–Trinajstić information content (AvgIpc) is 2.29. The van der Waals surface area contributed by atoms with Gasteiger partial charge in [-0.1, -0.05) is 30.3 Å². The summed E-state index contributed by atoms with van der Waals surface area (Å²) in [5.41, 5.74) is 7.94. The molecule has 0 aliphatic heterocycles. The van der Waals surface area contributed by atoms with Crippen molar-refractivity contribution in [1.82, 2.24) is 10.3 Å². The van der Waals surface area contributed by atoms with Crippen LogP contribution in [0.25, 0.3) is 0 Å². The molecule has 6 heteroatoms. The van der Waals surface area contributed by atoms with Gasteiger partial charge in [0.25, 0.3) is 5.91 Å². The van der Waals surface area contributed by atoms with Crippen molar-refractivity contribution in [1.29, 1.82) is 0 Å². The van der Waals surface area contributed by atoms with Gasteiger partial charge < -0.3 is 5.73 Å². The highest BCUT2D eigenvalue weighted by Gasteiger charge is 2.25. The van der Waals surface area contributed by atoms with Crippen molar-refractivity contribution in [3.05, 3.63) is 35.9 Å². The van der Waals surface area contributed by atoms with Crippen LogP contribution < -0.4 is 17.0 Å². The molecule has 0 bridgehead atoms. The van der Waals surface area contributed by atoms with Gasteiger partial charge in [-0.05, 0) is 12.6 Å². The first-order valence-electron chi connectivity index (χ1n) is 5.10. The van der Waals surface area contributed by atoms with Crippen molar-refractivity contribution in [2.75, 3.05) is 13.6 Å². The summed E-state index contributed by atoms with van der Waals surface area (Å²) in [7, 11) is 1.64. The molecule has 1 aromatic rings. The number of amides is 2. The van der Waals surface area contributed by atoms with E-state index in [4.69, 9.17) is 11.6 Å². The molecule has 1 aromatic carbocycles. The first-order valence-corrected chi connectivity index (χ1v) is 5.10. The topological polar surface area (TPSA) is 101 Å². The maximum Gasteiger partial charge on any atom is 0.255 e. The van der Waals surface area contributed by atoms with Gasteiger partial charge in [0.2, 0.25) is 5.91 Å². The summed E-state index contributed by atoms with van der Waals surface area (Å²) in [5, 5.41) is 0.